The van der Waals surface area contributed by atoms with E-state index in [1.54, 1.807) is 0 Å². The first kappa shape index (κ1) is 28.5. The van der Waals surface area contributed by atoms with Crippen LogP contribution < -0.4 is 4.74 Å². The van der Waals surface area contributed by atoms with Crippen LogP contribution in [0.2, 0.25) is 0 Å². The minimum atomic E-state index is 0.619. The Morgan fingerprint density at radius 1 is 0.609 bits per heavy atom. The number of hydrogen-bond acceptors (Lipinski definition) is 2. The molecule has 0 saturated carbocycles. The van der Waals surface area contributed by atoms with Gasteiger partial charge in [0.1, 0.15) is 0 Å². The number of pyridine rings is 1. The van der Waals surface area contributed by atoms with Gasteiger partial charge in [0.25, 0.3) is 0 Å². The molecule has 0 fully saturated rings. The fourth-order valence-electron chi connectivity index (χ4n) is 6.69. The molecule has 8 aromatic rings. The molecular weight excluding hydrogens is 748 g/mol. The third-order valence-electron chi connectivity index (χ3n) is 8.43. The number of rotatable bonds is 5. The van der Waals surface area contributed by atoms with Gasteiger partial charge in [-0.05, 0) is 6.07 Å². The quantitative estimate of drug-likeness (QED) is 0.163. The number of para-hydroxylation sites is 3. The van der Waals surface area contributed by atoms with E-state index < -0.39 is 0 Å². The second-order valence-electron chi connectivity index (χ2n) is 11.8. The Labute approximate surface area is 278 Å². The van der Waals surface area contributed by atoms with Crippen LogP contribution in [0, 0.1) is 43.6 Å². The summed E-state index contributed by atoms with van der Waals surface area (Å²) in [5.74, 6) is 2.09. The Morgan fingerprint density at radius 2 is 1.28 bits per heavy atom. The Morgan fingerprint density at radius 3 is 2.02 bits per heavy atom. The number of ether oxygens (including phenoxy) is 1. The first-order valence-electron chi connectivity index (χ1n) is 15.2. The summed E-state index contributed by atoms with van der Waals surface area (Å²) in [6, 6.07) is 42.8. The molecule has 3 aromatic heterocycles. The van der Waals surface area contributed by atoms with Crippen molar-refractivity contribution in [3.05, 3.63) is 148 Å². The van der Waals surface area contributed by atoms with E-state index in [9.17, 15) is 0 Å². The zero-order valence-corrected chi connectivity index (χ0v) is 28.2. The van der Waals surface area contributed by atoms with E-state index in [0.717, 1.165) is 53.7 Å². The maximum atomic E-state index is 6.54. The van der Waals surface area contributed by atoms with Gasteiger partial charge in [-0.25, -0.2) is 0 Å². The molecule has 0 atom stereocenters. The van der Waals surface area contributed by atoms with Crippen molar-refractivity contribution in [1.29, 1.82) is 0 Å². The monoisotopic (exact) mass is 777 g/mol. The van der Waals surface area contributed by atoms with E-state index in [0.29, 0.717) is 11.5 Å². The van der Waals surface area contributed by atoms with Crippen molar-refractivity contribution in [3.8, 4) is 28.7 Å². The van der Waals surface area contributed by atoms with E-state index >= 15 is 0 Å². The van der Waals surface area contributed by atoms with Crippen molar-refractivity contribution >= 4 is 32.8 Å². The summed E-state index contributed by atoms with van der Waals surface area (Å²) in [7, 11) is 0. The summed E-state index contributed by atoms with van der Waals surface area (Å²) in [6.07, 6.45) is 1.82. The molecule has 0 aliphatic rings. The Balaban J connectivity index is 1.27. The van der Waals surface area contributed by atoms with E-state index in [2.05, 4.69) is 151 Å². The summed E-state index contributed by atoms with van der Waals surface area (Å²) < 4.78 is 14.4. The Hall–Kier alpha value is -4.99. The van der Waals surface area contributed by atoms with Crippen molar-refractivity contribution in [2.24, 2.45) is 0 Å². The molecule has 0 radical (unpaired) electrons. The van der Waals surface area contributed by atoms with Gasteiger partial charge in [0, 0.05) is 6.20 Å². The number of aryl methyl sites for hydroxylation is 4. The van der Waals surface area contributed by atoms with E-state index in [1.165, 1.54) is 22.4 Å². The molecule has 8 rings (SSSR count). The molecule has 0 spiro atoms. The van der Waals surface area contributed by atoms with Crippen LogP contribution in [0.25, 0.3) is 50.0 Å². The number of fused-ring (bicyclic) bond motifs is 4. The van der Waals surface area contributed by atoms with Gasteiger partial charge in [0.2, 0.25) is 0 Å². The number of aromatic nitrogens is 4. The molecule has 5 nitrogen and oxygen atoms in total. The van der Waals surface area contributed by atoms with Crippen molar-refractivity contribution in [3.63, 3.8) is 0 Å². The molecule has 0 aliphatic carbocycles. The van der Waals surface area contributed by atoms with Crippen molar-refractivity contribution < 1.29 is 24.1 Å². The van der Waals surface area contributed by atoms with Gasteiger partial charge in [-0.3, -0.25) is 0 Å². The standard InChI is InChI=1S/C40H30N4O.Pt/c1-26-19-28(3)40(29(4)20-26)43-25-42(36-13-7-8-14-37(36)43)30-21-27(2)22-32(23-30)45-31-16-17-34-33-11-5-6-12-35(33)44(38(34)24-31)39-15-9-10-18-41-39;/h5-22H,1-4H3;/q-2;. The molecular formula is C40H30N4OPt-2. The first-order chi connectivity index (χ1) is 22.4. The van der Waals surface area contributed by atoms with Gasteiger partial charge in [-0.2, -0.15) is 0 Å². The molecule has 0 N–H and O–H groups in total. The van der Waals surface area contributed by atoms with Crippen LogP contribution in [0.15, 0.2) is 109 Å². The molecule has 0 bridgehead atoms. The SMILES string of the molecule is Cc1cc(Oc2[c-]c3c(cc2)c2ccccc2n3-c2ccccn2)[c-]c(-n2[c](=[Pt])n(-c3c(C)cc(C)cc3C)c3ccccc32)c1. The number of nitrogens with zero attached hydrogens (tertiary/aromatic N) is 4. The third-order valence-corrected chi connectivity index (χ3v) is 9.45. The van der Waals surface area contributed by atoms with Gasteiger partial charge < -0.3 is 0 Å². The molecule has 228 valence electrons. The second-order valence-corrected chi connectivity index (χ2v) is 12.8. The van der Waals surface area contributed by atoms with Crippen LogP contribution in [0.1, 0.15) is 22.3 Å². The zero-order chi connectivity index (χ0) is 31.5. The van der Waals surface area contributed by atoms with Crippen LogP contribution in [-0.2, 0) is 19.4 Å². The normalized spacial score (nSPS) is 11.6. The molecule has 6 heteroatoms. The summed E-state index contributed by atoms with van der Waals surface area (Å²) in [4.78, 5) is 4.65. The fourth-order valence-corrected chi connectivity index (χ4v) is 7.77. The van der Waals surface area contributed by atoms with E-state index in [1.807, 2.05) is 36.5 Å². The van der Waals surface area contributed by atoms with Crippen LogP contribution in [0.4, 0.5) is 0 Å². The number of hydrogen-bond donors (Lipinski definition) is 0. The summed E-state index contributed by atoms with van der Waals surface area (Å²) in [5.41, 5.74) is 11.2. The zero-order valence-electron chi connectivity index (χ0n) is 25.9. The number of imidazole rings is 1. The Kier molecular flexibility index (Phi) is 6.88. The molecule has 0 amide bonds. The van der Waals surface area contributed by atoms with Gasteiger partial charge in [0.15, 0.2) is 0 Å². The molecule has 0 aliphatic heterocycles. The van der Waals surface area contributed by atoms with Crippen molar-refractivity contribution in [2.75, 3.05) is 0 Å². The maximum absolute atomic E-state index is 6.54. The van der Waals surface area contributed by atoms with E-state index in [-0.39, 0.29) is 0 Å². The van der Waals surface area contributed by atoms with Crippen LogP contribution in [-0.4, -0.2) is 18.7 Å². The molecule has 46 heavy (non-hydrogen) atoms. The third kappa shape index (κ3) is 4.66. The van der Waals surface area contributed by atoms with Gasteiger partial charge in [-0.1, -0.05) is 18.2 Å². The van der Waals surface area contributed by atoms with Crippen LogP contribution in [0.5, 0.6) is 11.5 Å². The predicted molar refractivity (Wildman–Crippen MR) is 181 cm³/mol. The molecule has 3 heterocycles. The van der Waals surface area contributed by atoms with Crippen molar-refractivity contribution in [1.82, 2.24) is 18.7 Å². The Bertz CT molecular complexity index is 2500. The second kappa shape index (κ2) is 11.1. The van der Waals surface area contributed by atoms with Crippen LogP contribution in [0.3, 0.4) is 0 Å². The number of benzene rings is 5. The minimum absolute atomic E-state index is 0.619. The van der Waals surface area contributed by atoms with Crippen LogP contribution >= 0.6 is 0 Å². The fraction of sp³-hybridized carbons (Fsp3) is 0.100. The van der Waals surface area contributed by atoms with Gasteiger partial charge in [0.05, 0.1) is 0 Å². The molecule has 0 saturated heterocycles. The van der Waals surface area contributed by atoms with Crippen molar-refractivity contribution in [2.45, 2.75) is 27.7 Å². The first-order valence-corrected chi connectivity index (χ1v) is 16.4. The van der Waals surface area contributed by atoms with Gasteiger partial charge in [-0.15, -0.1) is 0 Å². The summed E-state index contributed by atoms with van der Waals surface area (Å²) in [5, 5.41) is 2.25. The average molecular weight is 778 g/mol. The summed E-state index contributed by atoms with van der Waals surface area (Å²) in [6.45, 7) is 8.63. The summed E-state index contributed by atoms with van der Waals surface area (Å²) >= 11 is 2.44. The van der Waals surface area contributed by atoms with Gasteiger partial charge >= 0.3 is 249 Å². The average Bonchev–Trinajstić information content (AvgIpc) is 3.52. The predicted octanol–water partition coefficient (Wildman–Crippen LogP) is 9.62. The molecule has 5 aromatic carbocycles. The molecule has 0 unspecified atom stereocenters. The van der Waals surface area contributed by atoms with E-state index in [4.69, 9.17) is 4.74 Å². The topological polar surface area (TPSA) is 36.9 Å².